The summed E-state index contributed by atoms with van der Waals surface area (Å²) in [4.78, 5) is 21.7. The van der Waals surface area contributed by atoms with E-state index >= 15 is 0 Å². The van der Waals surface area contributed by atoms with Gasteiger partial charge in [-0.15, -0.1) is 11.3 Å². The van der Waals surface area contributed by atoms with Gasteiger partial charge in [-0.1, -0.05) is 43.0 Å². The molecule has 1 aliphatic heterocycles. The van der Waals surface area contributed by atoms with Crippen molar-refractivity contribution in [1.82, 2.24) is 14.8 Å². The molecule has 5 nitrogen and oxygen atoms in total. The molecule has 2 N–H and O–H groups in total. The van der Waals surface area contributed by atoms with Crippen LogP contribution in [0.3, 0.4) is 0 Å². The first-order chi connectivity index (χ1) is 13.6. The second-order valence-corrected chi connectivity index (χ2v) is 9.72. The quantitative estimate of drug-likeness (QED) is 0.599. The molecule has 0 radical (unpaired) electrons. The Hall–Kier alpha value is -1.83. The van der Waals surface area contributed by atoms with E-state index in [0.29, 0.717) is 17.6 Å². The molecule has 1 aromatic carbocycles. The third-order valence-corrected chi connectivity index (χ3v) is 7.61. The molecule has 0 saturated carbocycles. The maximum Gasteiger partial charge on any atom is 0.233 e. The summed E-state index contributed by atoms with van der Waals surface area (Å²) in [7, 11) is 0. The lowest BCUT2D eigenvalue weighted by atomic mass is 9.89. The minimum Gasteiger partial charge on any atom is -0.399 e. The molecule has 2 aliphatic rings. The molecule has 2 aromatic rings. The number of carbonyl (C=O) groups is 1. The highest BCUT2D eigenvalue weighted by Crippen LogP contribution is 2.31. The predicted octanol–water partition coefficient (Wildman–Crippen LogP) is 3.49. The number of fused-ring (bicyclic) bond motifs is 1. The number of aromatic nitrogens is 1. The molecule has 1 amide bonds. The molecule has 0 spiro atoms. The van der Waals surface area contributed by atoms with Crippen molar-refractivity contribution < 1.29 is 4.79 Å². The number of allylic oxidation sites excluding steroid dienone is 3. The number of nitrogens with two attached hydrogens (primary N) is 1. The van der Waals surface area contributed by atoms with Crippen LogP contribution in [-0.2, 0) is 4.79 Å². The van der Waals surface area contributed by atoms with Crippen LogP contribution < -0.4 is 5.73 Å². The Kier molecular flexibility index (Phi) is 6.04. The van der Waals surface area contributed by atoms with Crippen molar-refractivity contribution in [2.75, 3.05) is 44.2 Å². The van der Waals surface area contributed by atoms with Crippen molar-refractivity contribution >= 4 is 44.9 Å². The van der Waals surface area contributed by atoms with E-state index in [1.54, 1.807) is 11.3 Å². The van der Waals surface area contributed by atoms with Gasteiger partial charge >= 0.3 is 0 Å². The summed E-state index contributed by atoms with van der Waals surface area (Å²) >= 11 is 3.13. The second-order valence-electron chi connectivity index (χ2n) is 7.47. The normalized spacial score (nSPS) is 22.8. The van der Waals surface area contributed by atoms with Crippen molar-refractivity contribution in [1.29, 1.82) is 0 Å². The van der Waals surface area contributed by atoms with Gasteiger partial charge in [0.15, 0.2) is 4.34 Å². The summed E-state index contributed by atoms with van der Waals surface area (Å²) < 4.78 is 2.00. The summed E-state index contributed by atoms with van der Waals surface area (Å²) in [6.07, 6.45) is 8.87. The Balaban J connectivity index is 1.24. The zero-order valence-electron chi connectivity index (χ0n) is 16.1. The molecule has 1 aliphatic carbocycles. The fourth-order valence-electron chi connectivity index (χ4n) is 3.67. The molecule has 1 fully saturated rings. The van der Waals surface area contributed by atoms with Crippen molar-refractivity contribution in [3.63, 3.8) is 0 Å². The fraction of sp³-hybridized carbons (Fsp3) is 0.429. The van der Waals surface area contributed by atoms with Crippen LogP contribution in [0.5, 0.6) is 0 Å². The third-order valence-electron chi connectivity index (χ3n) is 5.47. The van der Waals surface area contributed by atoms with Gasteiger partial charge in [0, 0.05) is 38.4 Å². The molecular formula is C21H26N4OS2. The summed E-state index contributed by atoms with van der Waals surface area (Å²) in [6, 6.07) is 5.74. The average Bonchev–Trinajstić information content (AvgIpc) is 3.10. The highest BCUT2D eigenvalue weighted by atomic mass is 32.2. The van der Waals surface area contributed by atoms with Crippen LogP contribution in [0.2, 0.25) is 0 Å². The van der Waals surface area contributed by atoms with Gasteiger partial charge in [0.1, 0.15) is 0 Å². The minimum absolute atomic E-state index is 0.206. The Morgan fingerprint density at radius 2 is 2.04 bits per heavy atom. The van der Waals surface area contributed by atoms with Gasteiger partial charge < -0.3 is 10.6 Å². The van der Waals surface area contributed by atoms with Gasteiger partial charge in [-0.25, -0.2) is 4.98 Å². The summed E-state index contributed by atoms with van der Waals surface area (Å²) in [5, 5.41) is 0. The van der Waals surface area contributed by atoms with Crippen LogP contribution in [0, 0.1) is 11.8 Å². The standard InChI is InChI=1S/C21H26N4OS2/c1-15-4-2-3-5-16(15)13-24-8-10-25(11-9-24)20(26)14-27-21-23-18-7-6-17(22)12-19(18)28-21/h2-7,12,15-16H,8-11,13-14,22H2,1H3. The van der Waals surface area contributed by atoms with Gasteiger partial charge in [-0.2, -0.15) is 0 Å². The van der Waals surface area contributed by atoms with E-state index in [4.69, 9.17) is 5.73 Å². The van der Waals surface area contributed by atoms with Crippen molar-refractivity contribution in [2.24, 2.45) is 11.8 Å². The Morgan fingerprint density at radius 3 is 2.82 bits per heavy atom. The lowest BCUT2D eigenvalue weighted by Gasteiger charge is -2.37. The maximum absolute atomic E-state index is 12.6. The van der Waals surface area contributed by atoms with E-state index in [0.717, 1.165) is 53.0 Å². The molecule has 2 heterocycles. The molecule has 7 heteroatoms. The second kappa shape index (κ2) is 8.68. The number of rotatable bonds is 5. The van der Waals surface area contributed by atoms with Crippen LogP contribution in [-0.4, -0.2) is 59.2 Å². The number of hydrogen-bond donors (Lipinski definition) is 1. The number of nitrogens with zero attached hydrogens (tertiary/aromatic N) is 3. The van der Waals surface area contributed by atoms with Gasteiger partial charge in [-0.3, -0.25) is 9.69 Å². The van der Waals surface area contributed by atoms with Gasteiger partial charge in [0.25, 0.3) is 0 Å². The minimum atomic E-state index is 0.206. The first-order valence-corrected chi connectivity index (χ1v) is 11.5. The average molecular weight is 415 g/mol. The lowest BCUT2D eigenvalue weighted by molar-refractivity contribution is -0.130. The summed E-state index contributed by atoms with van der Waals surface area (Å²) in [5.41, 5.74) is 7.52. The van der Waals surface area contributed by atoms with Gasteiger partial charge in [-0.05, 0) is 30.0 Å². The first kappa shape index (κ1) is 19.5. The van der Waals surface area contributed by atoms with E-state index in [-0.39, 0.29) is 5.91 Å². The zero-order chi connectivity index (χ0) is 19.5. The smallest absolute Gasteiger partial charge is 0.233 e. The predicted molar refractivity (Wildman–Crippen MR) is 119 cm³/mol. The monoisotopic (exact) mass is 414 g/mol. The molecule has 1 aromatic heterocycles. The topological polar surface area (TPSA) is 62.5 Å². The fourth-order valence-corrected chi connectivity index (χ4v) is 5.69. The van der Waals surface area contributed by atoms with Crippen LogP contribution in [0.25, 0.3) is 10.2 Å². The zero-order valence-corrected chi connectivity index (χ0v) is 17.7. The number of thioether (sulfide) groups is 1. The van der Waals surface area contributed by atoms with Gasteiger partial charge in [0.2, 0.25) is 5.91 Å². The molecule has 2 unspecified atom stereocenters. The number of benzene rings is 1. The third kappa shape index (κ3) is 4.59. The molecule has 1 saturated heterocycles. The largest absolute Gasteiger partial charge is 0.399 e. The maximum atomic E-state index is 12.6. The number of hydrogen-bond acceptors (Lipinski definition) is 6. The van der Waals surface area contributed by atoms with Crippen molar-refractivity contribution in [2.45, 2.75) is 11.3 Å². The van der Waals surface area contributed by atoms with E-state index in [1.165, 1.54) is 11.8 Å². The number of amides is 1. The number of anilines is 1. The van der Waals surface area contributed by atoms with Gasteiger partial charge in [0.05, 0.1) is 16.0 Å². The molecule has 28 heavy (non-hydrogen) atoms. The Morgan fingerprint density at radius 1 is 1.25 bits per heavy atom. The van der Waals surface area contributed by atoms with E-state index in [1.807, 2.05) is 23.1 Å². The highest BCUT2D eigenvalue weighted by molar-refractivity contribution is 8.01. The molecule has 2 atom stereocenters. The van der Waals surface area contributed by atoms with Crippen molar-refractivity contribution in [3.8, 4) is 0 Å². The van der Waals surface area contributed by atoms with E-state index in [9.17, 15) is 4.79 Å². The summed E-state index contributed by atoms with van der Waals surface area (Å²) in [6.45, 7) is 6.90. The van der Waals surface area contributed by atoms with Crippen LogP contribution in [0.15, 0.2) is 46.8 Å². The lowest BCUT2D eigenvalue weighted by Crippen LogP contribution is -2.50. The Labute approximate surface area is 174 Å². The number of piperazine rings is 1. The Bertz CT molecular complexity index is 899. The van der Waals surface area contributed by atoms with E-state index < -0.39 is 0 Å². The molecular weight excluding hydrogens is 388 g/mol. The highest BCUT2D eigenvalue weighted by Gasteiger charge is 2.24. The van der Waals surface area contributed by atoms with Crippen molar-refractivity contribution in [3.05, 3.63) is 42.5 Å². The number of carbonyl (C=O) groups excluding carboxylic acids is 1. The molecule has 148 valence electrons. The molecule has 4 rings (SSSR count). The van der Waals surface area contributed by atoms with Crippen LogP contribution >= 0.6 is 23.1 Å². The molecule has 0 bridgehead atoms. The number of thiazole rings is 1. The first-order valence-electron chi connectivity index (χ1n) is 9.72. The summed E-state index contributed by atoms with van der Waals surface area (Å²) in [5.74, 6) is 1.82. The van der Waals surface area contributed by atoms with Crippen LogP contribution in [0.4, 0.5) is 5.69 Å². The number of nitrogen functional groups attached to an aromatic ring is 1. The van der Waals surface area contributed by atoms with E-state index in [2.05, 4.69) is 41.1 Å². The van der Waals surface area contributed by atoms with Crippen LogP contribution in [0.1, 0.15) is 6.92 Å². The SMILES string of the molecule is CC1C=CC=CC1CN1CCN(C(=O)CSc2nc3ccc(N)cc3s2)CC1.